The third kappa shape index (κ3) is 5.83. The van der Waals surface area contributed by atoms with Crippen LogP contribution < -0.4 is 20.3 Å². The molecule has 0 spiro atoms. The molecule has 3 aromatic rings. The molecule has 2 aromatic carbocycles. The number of halogens is 1. The van der Waals surface area contributed by atoms with Crippen LogP contribution in [-0.2, 0) is 6.54 Å². The summed E-state index contributed by atoms with van der Waals surface area (Å²) in [5.74, 6) is -0.735. The van der Waals surface area contributed by atoms with Crippen molar-refractivity contribution in [1.82, 2.24) is 15.3 Å². The average Bonchev–Trinajstić information content (AvgIpc) is 2.89. The fourth-order valence-corrected chi connectivity index (χ4v) is 4.46. The lowest BCUT2D eigenvalue weighted by Gasteiger charge is -2.34. The van der Waals surface area contributed by atoms with Gasteiger partial charge >= 0.3 is 0 Å². The van der Waals surface area contributed by atoms with Crippen LogP contribution in [0.3, 0.4) is 0 Å². The Morgan fingerprint density at radius 2 is 2.06 bits per heavy atom. The normalized spacial score (nSPS) is 19.7. The topological polar surface area (TPSA) is 134 Å². The van der Waals surface area contributed by atoms with Gasteiger partial charge in [0.05, 0.1) is 31.4 Å². The van der Waals surface area contributed by atoms with Gasteiger partial charge in [0.2, 0.25) is 0 Å². The third-order valence-electron chi connectivity index (χ3n) is 6.68. The first-order valence-corrected chi connectivity index (χ1v) is 11.9. The molecule has 0 aliphatic heterocycles. The second-order valence-corrected chi connectivity index (χ2v) is 9.18. The molecule has 1 aliphatic rings. The predicted octanol–water partition coefficient (Wildman–Crippen LogP) is 2.68. The third-order valence-corrected chi connectivity index (χ3v) is 6.68. The summed E-state index contributed by atoms with van der Waals surface area (Å²) in [6, 6.07) is 9.69. The monoisotopic (exact) mass is 499 g/mol. The number of aromatic amines is 1. The molecule has 192 valence electrons. The summed E-state index contributed by atoms with van der Waals surface area (Å²) in [4.78, 5) is 32.1. The molecule has 0 bridgehead atoms. The number of aromatic nitrogens is 2. The number of nitrogens with one attached hydrogen (secondary N) is 2. The minimum atomic E-state index is -1.02. The van der Waals surface area contributed by atoms with Crippen LogP contribution in [0.4, 0.5) is 4.39 Å². The van der Waals surface area contributed by atoms with Crippen LogP contribution in [0.2, 0.25) is 0 Å². The Kier molecular flexibility index (Phi) is 7.85. The number of ether oxygens (including phenoxy) is 2. The van der Waals surface area contributed by atoms with Crippen molar-refractivity contribution in [3.63, 3.8) is 0 Å². The van der Waals surface area contributed by atoms with E-state index in [9.17, 15) is 24.2 Å². The molecule has 36 heavy (non-hydrogen) atoms. The van der Waals surface area contributed by atoms with Crippen molar-refractivity contribution in [1.29, 1.82) is 0 Å². The van der Waals surface area contributed by atoms with Gasteiger partial charge < -0.3 is 30.0 Å². The molecule has 10 heteroatoms. The van der Waals surface area contributed by atoms with Crippen LogP contribution in [0.1, 0.15) is 48.3 Å². The van der Waals surface area contributed by atoms with Gasteiger partial charge in [-0.1, -0.05) is 12.1 Å². The highest BCUT2D eigenvalue weighted by molar-refractivity contribution is 5.93. The molecule has 0 atom stereocenters. The average molecular weight is 500 g/mol. The van der Waals surface area contributed by atoms with Gasteiger partial charge in [-0.3, -0.25) is 9.59 Å². The Morgan fingerprint density at radius 3 is 2.78 bits per heavy atom. The molecule has 4 rings (SSSR count). The van der Waals surface area contributed by atoms with Crippen molar-refractivity contribution in [3.8, 4) is 11.5 Å². The van der Waals surface area contributed by atoms with Gasteiger partial charge in [-0.15, -0.1) is 0 Å². The minimum absolute atomic E-state index is 0.0577. The molecule has 1 aromatic heterocycles. The van der Waals surface area contributed by atoms with Crippen LogP contribution >= 0.6 is 0 Å². The summed E-state index contributed by atoms with van der Waals surface area (Å²) in [5, 5.41) is 22.1. The molecular weight excluding hydrogens is 469 g/mol. The molecular formula is C26H30FN3O6. The van der Waals surface area contributed by atoms with Crippen molar-refractivity contribution < 1.29 is 28.9 Å². The number of benzene rings is 2. The standard InChI is InChI=1S/C26H30FN3O6/c1-35-18-4-2-3-17(13-18)14-28-25(33)23-29-20-6-5-19(27)22(21(20)24(32)30-23)36-12-9-16-7-10-26(34,15-31)11-8-16/h2-6,13,16,31,34H,7-12,14-15H2,1H3,(H,28,33)(H,29,30,32). The second kappa shape index (κ2) is 11.0. The Labute approximate surface area is 207 Å². The van der Waals surface area contributed by atoms with E-state index in [-0.39, 0.29) is 48.2 Å². The van der Waals surface area contributed by atoms with E-state index in [1.54, 1.807) is 25.3 Å². The Hall–Kier alpha value is -3.50. The molecule has 4 N–H and O–H groups in total. The number of amides is 1. The van der Waals surface area contributed by atoms with Crippen LogP contribution in [0.15, 0.2) is 41.2 Å². The number of hydrogen-bond acceptors (Lipinski definition) is 7. The molecule has 0 saturated heterocycles. The fraction of sp³-hybridized carbons (Fsp3) is 0.423. The quantitative estimate of drug-likeness (QED) is 0.356. The molecule has 1 amide bonds. The summed E-state index contributed by atoms with van der Waals surface area (Å²) in [6.45, 7) is 0.126. The SMILES string of the molecule is COc1cccc(CNC(=O)c2nc3ccc(F)c(OCCC4CCC(O)(CO)CC4)c3c(=O)[nH]2)c1. The number of carbonyl (C=O) groups is 1. The Balaban J connectivity index is 1.43. The maximum atomic E-state index is 14.6. The number of fused-ring (bicyclic) bond motifs is 1. The first kappa shape index (κ1) is 25.6. The van der Waals surface area contributed by atoms with Gasteiger partial charge in [0.25, 0.3) is 11.5 Å². The minimum Gasteiger partial charge on any atom is -0.497 e. The van der Waals surface area contributed by atoms with E-state index in [4.69, 9.17) is 9.47 Å². The molecule has 1 saturated carbocycles. The van der Waals surface area contributed by atoms with E-state index >= 15 is 0 Å². The van der Waals surface area contributed by atoms with Crippen LogP contribution in [0.5, 0.6) is 11.5 Å². The van der Waals surface area contributed by atoms with Gasteiger partial charge in [0.1, 0.15) is 11.1 Å². The highest BCUT2D eigenvalue weighted by Gasteiger charge is 2.32. The number of aliphatic hydroxyl groups excluding tert-OH is 1. The van der Waals surface area contributed by atoms with Crippen LogP contribution in [0, 0.1) is 11.7 Å². The van der Waals surface area contributed by atoms with Crippen molar-refractivity contribution in [3.05, 3.63) is 64.0 Å². The predicted molar refractivity (Wildman–Crippen MR) is 131 cm³/mol. The lowest BCUT2D eigenvalue weighted by molar-refractivity contribution is -0.0531. The van der Waals surface area contributed by atoms with Gasteiger partial charge in [-0.05, 0) is 67.9 Å². The lowest BCUT2D eigenvalue weighted by atomic mass is 9.78. The van der Waals surface area contributed by atoms with Gasteiger partial charge in [0.15, 0.2) is 17.4 Å². The maximum absolute atomic E-state index is 14.6. The number of nitrogens with zero attached hydrogens (tertiary/aromatic N) is 1. The number of methoxy groups -OCH3 is 1. The summed E-state index contributed by atoms with van der Waals surface area (Å²) < 4.78 is 25.4. The highest BCUT2D eigenvalue weighted by atomic mass is 19.1. The Bertz CT molecular complexity index is 1290. The number of carbonyl (C=O) groups excluding carboxylic acids is 1. The van der Waals surface area contributed by atoms with Crippen molar-refractivity contribution in [2.24, 2.45) is 5.92 Å². The number of H-pyrrole nitrogens is 1. The fourth-order valence-electron chi connectivity index (χ4n) is 4.46. The molecule has 1 aliphatic carbocycles. The van der Waals surface area contributed by atoms with E-state index in [1.807, 2.05) is 6.07 Å². The van der Waals surface area contributed by atoms with E-state index in [1.165, 1.54) is 6.07 Å². The highest BCUT2D eigenvalue weighted by Crippen LogP contribution is 2.34. The second-order valence-electron chi connectivity index (χ2n) is 9.18. The zero-order chi connectivity index (χ0) is 25.7. The summed E-state index contributed by atoms with van der Waals surface area (Å²) >= 11 is 0. The largest absolute Gasteiger partial charge is 0.497 e. The smallest absolute Gasteiger partial charge is 0.287 e. The zero-order valence-corrected chi connectivity index (χ0v) is 20.1. The van der Waals surface area contributed by atoms with Gasteiger partial charge in [-0.2, -0.15) is 0 Å². The van der Waals surface area contributed by atoms with Gasteiger partial charge in [0, 0.05) is 6.54 Å². The van der Waals surface area contributed by atoms with Gasteiger partial charge in [-0.25, -0.2) is 9.37 Å². The van der Waals surface area contributed by atoms with E-state index in [0.29, 0.717) is 25.0 Å². The molecule has 0 radical (unpaired) electrons. The molecule has 1 heterocycles. The van der Waals surface area contributed by atoms with E-state index in [2.05, 4.69) is 15.3 Å². The molecule has 9 nitrogen and oxygen atoms in total. The van der Waals surface area contributed by atoms with Crippen molar-refractivity contribution in [2.45, 2.75) is 44.2 Å². The van der Waals surface area contributed by atoms with E-state index < -0.39 is 22.9 Å². The number of aliphatic hydroxyl groups is 2. The number of hydrogen-bond donors (Lipinski definition) is 4. The summed E-state index contributed by atoms with van der Waals surface area (Å²) in [5.41, 5.74) is -0.739. The first-order chi connectivity index (χ1) is 17.3. The Morgan fingerprint density at radius 1 is 1.28 bits per heavy atom. The van der Waals surface area contributed by atoms with Crippen LogP contribution in [0.25, 0.3) is 10.9 Å². The molecule has 1 fully saturated rings. The molecule has 0 unspecified atom stereocenters. The van der Waals surface area contributed by atoms with Crippen molar-refractivity contribution >= 4 is 16.8 Å². The first-order valence-electron chi connectivity index (χ1n) is 11.9. The van der Waals surface area contributed by atoms with E-state index in [0.717, 1.165) is 24.5 Å². The summed E-state index contributed by atoms with van der Waals surface area (Å²) in [7, 11) is 1.55. The van der Waals surface area contributed by atoms with Crippen molar-refractivity contribution in [2.75, 3.05) is 20.3 Å². The number of rotatable bonds is 9. The zero-order valence-electron chi connectivity index (χ0n) is 20.1. The lowest BCUT2D eigenvalue weighted by Crippen LogP contribution is -2.37. The summed E-state index contributed by atoms with van der Waals surface area (Å²) in [6.07, 6.45) is 3.09. The van der Waals surface area contributed by atoms with Crippen LogP contribution in [-0.4, -0.2) is 52.0 Å². The maximum Gasteiger partial charge on any atom is 0.287 e.